The second kappa shape index (κ2) is 19.1. The Bertz CT molecular complexity index is 2350. The number of aromatic nitrogens is 1. The molecule has 1 aromatic heterocycles. The van der Waals surface area contributed by atoms with Crippen molar-refractivity contribution in [2.45, 2.75) is 96.1 Å². The molecule has 1 atom stereocenters. The van der Waals surface area contributed by atoms with Gasteiger partial charge in [0, 0.05) is 42.0 Å². The van der Waals surface area contributed by atoms with Crippen LogP contribution in [0.3, 0.4) is 0 Å². The van der Waals surface area contributed by atoms with Crippen molar-refractivity contribution in [3.05, 3.63) is 144 Å². The van der Waals surface area contributed by atoms with Crippen molar-refractivity contribution in [3.8, 4) is 5.75 Å². The number of sulfonamides is 1. The molecular formula is C49H61N3O4SSi. The first-order valence-corrected chi connectivity index (χ1v) is 25.8. The van der Waals surface area contributed by atoms with Crippen LogP contribution in [-0.4, -0.2) is 47.3 Å². The molecule has 306 valence electrons. The van der Waals surface area contributed by atoms with E-state index in [0.29, 0.717) is 31.3 Å². The summed E-state index contributed by atoms with van der Waals surface area (Å²) in [5, 5.41) is 6.19. The van der Waals surface area contributed by atoms with Crippen LogP contribution < -0.4 is 14.4 Å². The predicted octanol–water partition coefficient (Wildman–Crippen LogP) is 11.6. The third-order valence-corrected chi connectivity index (χ3v) is 18.2. The number of nitrogens with one attached hydrogen (secondary N) is 1. The average Bonchev–Trinajstić information content (AvgIpc) is 3.56. The van der Waals surface area contributed by atoms with Gasteiger partial charge in [-0.3, -0.25) is 4.31 Å². The highest BCUT2D eigenvalue weighted by molar-refractivity contribution is 7.92. The lowest BCUT2D eigenvalue weighted by molar-refractivity contribution is 0.183. The van der Waals surface area contributed by atoms with E-state index in [0.717, 1.165) is 41.6 Å². The van der Waals surface area contributed by atoms with Crippen molar-refractivity contribution in [2.75, 3.05) is 30.3 Å². The van der Waals surface area contributed by atoms with Crippen LogP contribution in [0.1, 0.15) is 87.2 Å². The zero-order valence-electron chi connectivity index (χ0n) is 34.8. The van der Waals surface area contributed by atoms with E-state index in [9.17, 15) is 8.42 Å². The molecule has 0 radical (unpaired) electrons. The first-order valence-electron chi connectivity index (χ1n) is 21.4. The monoisotopic (exact) mass is 815 g/mol. The first kappa shape index (κ1) is 41.7. The summed E-state index contributed by atoms with van der Waals surface area (Å²) >= 11 is 0. The highest BCUT2D eigenvalue weighted by atomic mass is 32.2. The third kappa shape index (κ3) is 9.88. The van der Waals surface area contributed by atoms with Gasteiger partial charge in [-0.05, 0) is 89.5 Å². The fourth-order valence-corrected chi connectivity index (χ4v) is 12.5. The van der Waals surface area contributed by atoms with Gasteiger partial charge in [-0.25, -0.2) is 8.42 Å². The predicted molar refractivity (Wildman–Crippen MR) is 244 cm³/mol. The standard InChI is InChI=1S/C49H61N3O4SSi/c1-5-58(6-2,7-3)56-49(42-24-17-25-43(32-42)52(57(4,53)54)37-39-20-13-9-14-21-39)35-50-30-31-55-44-27-29-46-45-28-26-41(40-22-15-10-16-23-40)33-47(45)51(48(46)34-44)36-38-18-11-8-12-19-38/h8-9,11-14,17-21,24-29,32-34,40,49-50H,5-7,10,15-16,22-23,30-31,35-37H2,1-4H3/t49-/m0/s1. The SMILES string of the molecule is CC[Si](CC)(CC)O[C@@H](CNCCOc1ccc2c3ccc(C4CCCCC4)cc3n(Cc3ccccc3)c2c1)c1cccc(N(Cc2ccccc2)S(C)(=O)=O)c1. The van der Waals surface area contributed by atoms with Gasteiger partial charge >= 0.3 is 0 Å². The smallest absolute Gasteiger partial charge is 0.232 e. The van der Waals surface area contributed by atoms with Gasteiger partial charge < -0.3 is 19.0 Å². The molecule has 0 aliphatic heterocycles. The van der Waals surface area contributed by atoms with Crippen molar-refractivity contribution >= 4 is 45.8 Å². The quantitative estimate of drug-likeness (QED) is 0.0651. The highest BCUT2D eigenvalue weighted by Gasteiger charge is 2.33. The van der Waals surface area contributed by atoms with E-state index >= 15 is 0 Å². The molecule has 7 nitrogen and oxygen atoms in total. The van der Waals surface area contributed by atoms with Gasteiger partial charge in [0.2, 0.25) is 10.0 Å². The summed E-state index contributed by atoms with van der Waals surface area (Å²) in [5.74, 6) is 1.50. The van der Waals surface area contributed by atoms with Crippen LogP contribution >= 0.6 is 0 Å². The topological polar surface area (TPSA) is 72.8 Å². The summed E-state index contributed by atoms with van der Waals surface area (Å²) in [6, 6.07) is 45.1. The Morgan fingerprint density at radius 3 is 2.09 bits per heavy atom. The van der Waals surface area contributed by atoms with Crippen molar-refractivity contribution in [3.63, 3.8) is 0 Å². The summed E-state index contributed by atoms with van der Waals surface area (Å²) < 4.78 is 43.8. The van der Waals surface area contributed by atoms with E-state index in [-0.39, 0.29) is 12.6 Å². The fourth-order valence-electron chi connectivity index (χ4n) is 8.84. The summed E-state index contributed by atoms with van der Waals surface area (Å²) in [6.07, 6.45) is 7.61. The fraction of sp³-hybridized carbons (Fsp3) is 0.388. The van der Waals surface area contributed by atoms with Crippen LogP contribution in [0.5, 0.6) is 5.75 Å². The van der Waals surface area contributed by atoms with Crippen molar-refractivity contribution in [2.24, 2.45) is 0 Å². The Labute approximate surface area is 347 Å². The maximum Gasteiger partial charge on any atom is 0.232 e. The van der Waals surface area contributed by atoms with Crippen LogP contribution in [0, 0.1) is 0 Å². The minimum absolute atomic E-state index is 0.229. The number of anilines is 1. The van der Waals surface area contributed by atoms with E-state index in [4.69, 9.17) is 9.16 Å². The molecule has 5 aromatic carbocycles. The van der Waals surface area contributed by atoms with Gasteiger partial charge in [0.1, 0.15) is 12.4 Å². The van der Waals surface area contributed by atoms with Crippen LogP contribution in [0.2, 0.25) is 18.1 Å². The lowest BCUT2D eigenvalue weighted by Crippen LogP contribution is -2.40. The highest BCUT2D eigenvalue weighted by Crippen LogP contribution is 2.38. The van der Waals surface area contributed by atoms with E-state index in [1.165, 1.54) is 75.6 Å². The maximum atomic E-state index is 13.1. The van der Waals surface area contributed by atoms with E-state index in [1.807, 2.05) is 48.5 Å². The Morgan fingerprint density at radius 1 is 0.759 bits per heavy atom. The molecule has 0 saturated heterocycles. The van der Waals surface area contributed by atoms with Gasteiger partial charge in [0.15, 0.2) is 8.32 Å². The molecule has 0 spiro atoms. The normalized spacial score (nSPS) is 14.6. The summed E-state index contributed by atoms with van der Waals surface area (Å²) in [6.45, 7) is 9.52. The molecule has 6 aromatic rings. The van der Waals surface area contributed by atoms with Gasteiger partial charge in [0.05, 0.1) is 30.1 Å². The lowest BCUT2D eigenvalue weighted by Gasteiger charge is -2.34. The number of rotatable bonds is 19. The summed E-state index contributed by atoms with van der Waals surface area (Å²) in [7, 11) is -5.56. The average molecular weight is 816 g/mol. The van der Waals surface area contributed by atoms with Crippen LogP contribution in [-0.2, 0) is 27.5 Å². The maximum absolute atomic E-state index is 13.1. The first-order chi connectivity index (χ1) is 28.2. The summed E-state index contributed by atoms with van der Waals surface area (Å²) in [4.78, 5) is 0. The molecule has 0 bridgehead atoms. The van der Waals surface area contributed by atoms with Crippen LogP contribution in [0.25, 0.3) is 21.8 Å². The number of hydrogen-bond donors (Lipinski definition) is 1. The molecule has 1 fully saturated rings. The molecule has 1 aliphatic rings. The van der Waals surface area contributed by atoms with Crippen molar-refractivity contribution < 1.29 is 17.6 Å². The van der Waals surface area contributed by atoms with Crippen molar-refractivity contribution in [1.29, 1.82) is 0 Å². The Hall–Kier alpha value is -4.41. The number of nitrogens with zero attached hydrogens (tertiary/aromatic N) is 2. The molecule has 1 aliphatic carbocycles. The molecule has 1 N–H and O–H groups in total. The molecule has 1 saturated carbocycles. The largest absolute Gasteiger partial charge is 0.492 e. The second-order valence-corrected chi connectivity index (χ2v) is 22.7. The number of hydrogen-bond acceptors (Lipinski definition) is 5. The molecule has 1 heterocycles. The van der Waals surface area contributed by atoms with Gasteiger partial charge in [-0.15, -0.1) is 0 Å². The molecule has 0 unspecified atom stereocenters. The zero-order chi connectivity index (χ0) is 40.5. The summed E-state index contributed by atoms with van der Waals surface area (Å²) in [5.41, 5.74) is 7.78. The molecular weight excluding hydrogens is 755 g/mol. The minimum atomic E-state index is -3.54. The van der Waals surface area contributed by atoms with Crippen LogP contribution in [0.4, 0.5) is 5.69 Å². The number of ether oxygens (including phenoxy) is 1. The number of benzene rings is 5. The van der Waals surface area contributed by atoms with Crippen LogP contribution in [0.15, 0.2) is 121 Å². The second-order valence-electron chi connectivity index (χ2n) is 16.1. The van der Waals surface area contributed by atoms with E-state index < -0.39 is 18.3 Å². The van der Waals surface area contributed by atoms with Crippen molar-refractivity contribution in [1.82, 2.24) is 9.88 Å². The van der Waals surface area contributed by atoms with E-state index in [2.05, 4.69) is 103 Å². The molecule has 9 heteroatoms. The molecule has 7 rings (SSSR count). The minimum Gasteiger partial charge on any atom is -0.492 e. The third-order valence-electron chi connectivity index (χ3n) is 12.4. The Balaban J connectivity index is 1.09. The van der Waals surface area contributed by atoms with Gasteiger partial charge in [-0.1, -0.05) is 125 Å². The Morgan fingerprint density at radius 2 is 1.41 bits per heavy atom. The lowest BCUT2D eigenvalue weighted by atomic mass is 9.84. The molecule has 0 amide bonds. The zero-order valence-corrected chi connectivity index (χ0v) is 36.6. The van der Waals surface area contributed by atoms with E-state index in [1.54, 1.807) is 0 Å². The number of fused-ring (bicyclic) bond motifs is 3. The molecule has 58 heavy (non-hydrogen) atoms. The van der Waals surface area contributed by atoms with Gasteiger partial charge in [0.25, 0.3) is 0 Å². The van der Waals surface area contributed by atoms with Gasteiger partial charge in [-0.2, -0.15) is 0 Å². The Kier molecular flexibility index (Phi) is 13.7.